The predicted octanol–water partition coefficient (Wildman–Crippen LogP) is 2.03. The number of nitrogens with zero attached hydrogens (tertiary/aromatic N) is 3. The molecular weight excluding hydrogens is 234 g/mol. The molecule has 0 aromatic heterocycles. The summed E-state index contributed by atoms with van der Waals surface area (Å²) in [6.07, 6.45) is 1.41. The highest BCUT2D eigenvalue weighted by molar-refractivity contribution is 5.07. The molecule has 3 rings (SSSR count). The van der Waals surface area contributed by atoms with Crippen molar-refractivity contribution < 1.29 is 0 Å². The summed E-state index contributed by atoms with van der Waals surface area (Å²) in [6.45, 7) is 19.3. The van der Waals surface area contributed by atoms with Crippen molar-refractivity contribution in [1.82, 2.24) is 14.7 Å². The van der Waals surface area contributed by atoms with Crippen LogP contribution in [0, 0.1) is 0 Å². The first kappa shape index (κ1) is 13.8. The van der Waals surface area contributed by atoms with Gasteiger partial charge in [0.2, 0.25) is 0 Å². The standard InChI is InChI=1S/C16H31N3/c1-15(2,3)17-8-14(9-17)18-10-13-7-12(18)11-19(13)16(4,5)6/h12-14H,7-11H2,1-6H3. The molecule has 3 heterocycles. The highest BCUT2D eigenvalue weighted by Crippen LogP contribution is 2.38. The highest BCUT2D eigenvalue weighted by atomic mass is 15.4. The van der Waals surface area contributed by atoms with Gasteiger partial charge in [0.05, 0.1) is 0 Å². The number of likely N-dealkylation sites (tertiary alicyclic amines) is 3. The van der Waals surface area contributed by atoms with Crippen LogP contribution >= 0.6 is 0 Å². The van der Waals surface area contributed by atoms with Crippen LogP contribution in [0.15, 0.2) is 0 Å². The Labute approximate surface area is 118 Å². The van der Waals surface area contributed by atoms with Gasteiger partial charge in [0.1, 0.15) is 0 Å². The van der Waals surface area contributed by atoms with Crippen molar-refractivity contribution in [3.8, 4) is 0 Å². The zero-order valence-electron chi connectivity index (χ0n) is 13.6. The second-order valence-electron chi connectivity index (χ2n) is 8.79. The van der Waals surface area contributed by atoms with E-state index in [0.29, 0.717) is 11.1 Å². The Balaban J connectivity index is 1.56. The molecule has 3 aliphatic rings. The van der Waals surface area contributed by atoms with E-state index in [0.717, 1.165) is 18.1 Å². The second-order valence-corrected chi connectivity index (χ2v) is 8.79. The number of fused-ring (bicyclic) bond motifs is 2. The fourth-order valence-electron chi connectivity index (χ4n) is 4.18. The van der Waals surface area contributed by atoms with Crippen LogP contribution in [0.1, 0.15) is 48.0 Å². The minimum atomic E-state index is 0.350. The van der Waals surface area contributed by atoms with Crippen molar-refractivity contribution in [1.29, 1.82) is 0 Å². The summed E-state index contributed by atoms with van der Waals surface area (Å²) in [5.41, 5.74) is 0.704. The van der Waals surface area contributed by atoms with Crippen LogP contribution in [0.4, 0.5) is 0 Å². The molecular formula is C16H31N3. The first-order valence-electron chi connectivity index (χ1n) is 7.94. The van der Waals surface area contributed by atoms with Crippen molar-refractivity contribution in [3.05, 3.63) is 0 Å². The van der Waals surface area contributed by atoms with E-state index >= 15 is 0 Å². The van der Waals surface area contributed by atoms with Gasteiger partial charge < -0.3 is 0 Å². The molecule has 0 aromatic rings. The van der Waals surface area contributed by atoms with E-state index in [2.05, 4.69) is 56.2 Å². The van der Waals surface area contributed by atoms with Gasteiger partial charge in [-0.05, 0) is 48.0 Å². The first-order chi connectivity index (χ1) is 8.66. The molecule has 2 unspecified atom stereocenters. The quantitative estimate of drug-likeness (QED) is 0.718. The van der Waals surface area contributed by atoms with Crippen LogP contribution in [-0.2, 0) is 0 Å². The molecule has 0 aromatic carbocycles. The Morgan fingerprint density at radius 1 is 0.684 bits per heavy atom. The molecule has 0 radical (unpaired) electrons. The molecule has 3 aliphatic heterocycles. The lowest BCUT2D eigenvalue weighted by Crippen LogP contribution is -2.67. The molecule has 0 amide bonds. The van der Waals surface area contributed by atoms with Gasteiger partial charge in [0, 0.05) is 55.4 Å². The van der Waals surface area contributed by atoms with E-state index < -0.39 is 0 Å². The third kappa shape index (κ3) is 2.34. The lowest BCUT2D eigenvalue weighted by atomic mass is 9.96. The Morgan fingerprint density at radius 2 is 1.32 bits per heavy atom. The maximum absolute atomic E-state index is 2.81. The normalized spacial score (nSPS) is 35.1. The second kappa shape index (κ2) is 4.19. The molecule has 3 fully saturated rings. The fraction of sp³-hybridized carbons (Fsp3) is 1.00. The largest absolute Gasteiger partial charge is 0.295 e. The lowest BCUT2D eigenvalue weighted by molar-refractivity contribution is -0.0494. The minimum absolute atomic E-state index is 0.350. The molecule has 19 heavy (non-hydrogen) atoms. The number of piperazine rings is 1. The average molecular weight is 265 g/mol. The van der Waals surface area contributed by atoms with Gasteiger partial charge in [-0.15, -0.1) is 0 Å². The molecule has 110 valence electrons. The molecule has 3 heteroatoms. The zero-order valence-corrected chi connectivity index (χ0v) is 13.6. The van der Waals surface area contributed by atoms with Crippen LogP contribution in [0.5, 0.6) is 0 Å². The summed E-state index contributed by atoms with van der Waals surface area (Å²) in [5.74, 6) is 0. The Hall–Kier alpha value is -0.120. The van der Waals surface area contributed by atoms with Crippen molar-refractivity contribution in [2.45, 2.75) is 77.2 Å². The van der Waals surface area contributed by atoms with Gasteiger partial charge >= 0.3 is 0 Å². The number of rotatable bonds is 1. The van der Waals surface area contributed by atoms with Crippen LogP contribution < -0.4 is 0 Å². The third-order valence-corrected chi connectivity index (χ3v) is 5.42. The van der Waals surface area contributed by atoms with Gasteiger partial charge in [0.25, 0.3) is 0 Å². The smallest absolute Gasteiger partial charge is 0.0355 e. The zero-order chi connectivity index (χ0) is 14.0. The van der Waals surface area contributed by atoms with Gasteiger partial charge in [-0.3, -0.25) is 14.7 Å². The van der Waals surface area contributed by atoms with Gasteiger partial charge in [0.15, 0.2) is 0 Å². The minimum Gasteiger partial charge on any atom is -0.295 e. The highest BCUT2D eigenvalue weighted by Gasteiger charge is 2.51. The molecule has 2 atom stereocenters. The van der Waals surface area contributed by atoms with Crippen LogP contribution in [-0.4, -0.2) is 70.1 Å². The van der Waals surface area contributed by atoms with Crippen LogP contribution in [0.2, 0.25) is 0 Å². The van der Waals surface area contributed by atoms with Crippen molar-refractivity contribution in [3.63, 3.8) is 0 Å². The maximum Gasteiger partial charge on any atom is 0.0355 e. The summed E-state index contributed by atoms with van der Waals surface area (Å²) in [5, 5.41) is 0. The van der Waals surface area contributed by atoms with Crippen molar-refractivity contribution in [2.24, 2.45) is 0 Å². The molecule has 0 spiro atoms. The Bertz CT molecular complexity index is 346. The third-order valence-electron chi connectivity index (χ3n) is 5.42. The van der Waals surface area contributed by atoms with Crippen molar-refractivity contribution >= 4 is 0 Å². The fourth-order valence-corrected chi connectivity index (χ4v) is 4.18. The lowest BCUT2D eigenvalue weighted by Gasteiger charge is -2.53. The first-order valence-corrected chi connectivity index (χ1v) is 7.94. The van der Waals surface area contributed by atoms with E-state index in [-0.39, 0.29) is 0 Å². The van der Waals surface area contributed by atoms with Gasteiger partial charge in [-0.1, -0.05) is 0 Å². The molecule has 2 bridgehead atoms. The molecule has 3 saturated heterocycles. The summed E-state index contributed by atoms with van der Waals surface area (Å²) >= 11 is 0. The Kier molecular flexibility index (Phi) is 3.05. The molecule has 0 aliphatic carbocycles. The monoisotopic (exact) mass is 265 g/mol. The number of hydrogen-bond donors (Lipinski definition) is 0. The predicted molar refractivity (Wildman–Crippen MR) is 80.5 cm³/mol. The van der Waals surface area contributed by atoms with Crippen LogP contribution in [0.25, 0.3) is 0 Å². The topological polar surface area (TPSA) is 9.72 Å². The van der Waals surface area contributed by atoms with Gasteiger partial charge in [-0.2, -0.15) is 0 Å². The summed E-state index contributed by atoms with van der Waals surface area (Å²) < 4.78 is 0. The van der Waals surface area contributed by atoms with E-state index in [9.17, 15) is 0 Å². The molecule has 0 saturated carbocycles. The van der Waals surface area contributed by atoms with Gasteiger partial charge in [-0.25, -0.2) is 0 Å². The van der Waals surface area contributed by atoms with Crippen LogP contribution in [0.3, 0.4) is 0 Å². The molecule has 3 nitrogen and oxygen atoms in total. The molecule has 0 N–H and O–H groups in total. The Morgan fingerprint density at radius 3 is 1.74 bits per heavy atom. The van der Waals surface area contributed by atoms with E-state index in [1.165, 1.54) is 32.6 Å². The SMILES string of the molecule is CC(C)(C)N1CC(N2CC3CC2CN3C(C)(C)C)C1. The maximum atomic E-state index is 2.81. The summed E-state index contributed by atoms with van der Waals surface area (Å²) in [6, 6.07) is 2.47. The van der Waals surface area contributed by atoms with E-state index in [1.807, 2.05) is 0 Å². The average Bonchev–Trinajstić information content (AvgIpc) is 2.69. The number of hydrogen-bond acceptors (Lipinski definition) is 3. The summed E-state index contributed by atoms with van der Waals surface area (Å²) in [7, 11) is 0. The van der Waals surface area contributed by atoms with E-state index in [1.54, 1.807) is 0 Å². The van der Waals surface area contributed by atoms with Crippen molar-refractivity contribution in [2.75, 3.05) is 26.2 Å². The van der Waals surface area contributed by atoms with E-state index in [4.69, 9.17) is 0 Å². The summed E-state index contributed by atoms with van der Waals surface area (Å²) in [4.78, 5) is 8.16.